The van der Waals surface area contributed by atoms with Crippen LogP contribution in [0.15, 0.2) is 46.5 Å². The van der Waals surface area contributed by atoms with Gasteiger partial charge >= 0.3 is 47.8 Å². The van der Waals surface area contributed by atoms with Gasteiger partial charge in [0.15, 0.2) is 2.14 Å². The second kappa shape index (κ2) is 26.4. The number of hydrogen-bond donors (Lipinski definition) is 2. The predicted octanol–water partition coefficient (Wildman–Crippen LogP) is 6.52. The molecule has 3 heterocycles. The molecule has 4 rings (SSSR count). The number of hydrogen-bond acceptors (Lipinski definition) is 17. The Balaban J connectivity index is 2.12. The van der Waals surface area contributed by atoms with E-state index in [2.05, 4.69) is 57.8 Å². The van der Waals surface area contributed by atoms with Gasteiger partial charge in [0.05, 0.1) is 71.2 Å². The number of rotatable bonds is 24. The van der Waals surface area contributed by atoms with Gasteiger partial charge in [0.25, 0.3) is 0 Å². The first-order valence-corrected chi connectivity index (χ1v) is 24.5. The Hall–Kier alpha value is -4.88. The number of carbonyl (C=O) groups excluding carboxylic acids is 8. The van der Waals surface area contributed by atoms with Gasteiger partial charge in [0, 0.05) is 43.5 Å². The van der Waals surface area contributed by atoms with Gasteiger partial charge in [-0.15, -0.1) is 0 Å². The number of aromatic amines is 2. The van der Waals surface area contributed by atoms with Crippen molar-refractivity contribution in [2.24, 2.45) is 4.99 Å². The Morgan fingerprint density at radius 3 is 1.55 bits per heavy atom. The van der Waals surface area contributed by atoms with Crippen molar-refractivity contribution in [2.75, 3.05) is 49.3 Å². The summed E-state index contributed by atoms with van der Waals surface area (Å²) in [5.41, 5.74) is 1.19. The van der Waals surface area contributed by atoms with Crippen LogP contribution in [0.3, 0.4) is 0 Å². The molecule has 69 heavy (non-hydrogen) atoms. The zero-order valence-corrected chi connectivity index (χ0v) is 45.5. The maximum atomic E-state index is 14.2. The summed E-state index contributed by atoms with van der Waals surface area (Å²) in [6.45, 7) is -0.373. The first-order valence-electron chi connectivity index (χ1n) is 21.0. The number of aliphatic imine (C=N–C) groups is 1. The molecule has 2 aromatic heterocycles. The summed E-state index contributed by atoms with van der Waals surface area (Å²) in [5, 5.41) is 0. The third kappa shape index (κ3) is 15.8. The van der Waals surface area contributed by atoms with Gasteiger partial charge < -0.3 is 47.9 Å². The standard InChI is InChI=1S/C46H51Br3IN3O16/c1-62-34(54)15-12-26-30(19-38(58)66-5)41(43(60)68-23-25-10-8-7-9-11-25)51-32(26)21-45(31(20-39(59)67-6)28(42(50)53-45)14-17-36(56)64-3)22-33-29(18-37(57)65-4)27(13-16-35(55)63-2)40(52-33)44(61)69-24-46(47,48)49/h7-11,51-52H,12-24H2,1-6H3. The molecule has 0 radical (unpaired) electrons. The van der Waals surface area contributed by atoms with Crippen LogP contribution in [-0.2, 0) is 112 Å². The van der Waals surface area contributed by atoms with Gasteiger partial charge in [0.1, 0.15) is 24.6 Å². The van der Waals surface area contributed by atoms with Gasteiger partial charge in [0.2, 0.25) is 0 Å². The number of alkyl halides is 3. The van der Waals surface area contributed by atoms with Gasteiger partial charge in [-0.05, 0) is 80.8 Å². The first kappa shape index (κ1) is 56.7. The fourth-order valence-electron chi connectivity index (χ4n) is 7.75. The van der Waals surface area contributed by atoms with E-state index in [9.17, 15) is 38.4 Å². The molecule has 1 unspecified atom stereocenters. The molecule has 23 heteroatoms. The Morgan fingerprint density at radius 2 is 1.03 bits per heavy atom. The lowest BCUT2D eigenvalue weighted by Crippen LogP contribution is -2.36. The van der Waals surface area contributed by atoms with Crippen LogP contribution in [0, 0.1) is 0 Å². The monoisotopic (exact) mass is 1260 g/mol. The summed E-state index contributed by atoms with van der Waals surface area (Å²) < 4.78 is 41.0. The third-order valence-corrected chi connectivity index (χ3v) is 12.7. The maximum Gasteiger partial charge on any atom is 0.355 e. The number of methoxy groups -OCH3 is 6. The fourth-order valence-corrected chi connectivity index (χ4v) is 9.15. The molecule has 0 amide bonds. The molecule has 374 valence electrons. The Bertz CT molecular complexity index is 2480. The number of H-pyrrole nitrogens is 2. The van der Waals surface area contributed by atoms with Crippen LogP contribution in [-0.4, -0.2) is 118 Å². The van der Waals surface area contributed by atoms with Gasteiger partial charge in [-0.25, -0.2) is 9.59 Å². The molecule has 0 bridgehead atoms. The molecule has 3 aromatic rings. The van der Waals surface area contributed by atoms with E-state index in [1.54, 1.807) is 30.3 Å². The van der Waals surface area contributed by atoms with E-state index in [-0.39, 0.29) is 110 Å². The van der Waals surface area contributed by atoms with Crippen molar-refractivity contribution in [3.8, 4) is 0 Å². The van der Waals surface area contributed by atoms with E-state index < -0.39 is 68.3 Å². The SMILES string of the molecule is COC(=O)CCC1=C(CC(=O)OC)C(Cc2[nH]c(C(=O)OCC(Br)(Br)Br)c(CCC(=O)OC)c2CC(=O)OC)(Cc2[nH]c(C(=O)OCc3ccccc3)c(CC(=O)OC)c2CCC(=O)OC)N=C1I. The molecule has 1 aliphatic rings. The van der Waals surface area contributed by atoms with E-state index in [4.69, 9.17) is 42.9 Å². The fraction of sp³-hybridized carbons (Fsp3) is 0.457. The van der Waals surface area contributed by atoms with Gasteiger partial charge in [-0.2, -0.15) is 0 Å². The number of carbonyl (C=O) groups is 8. The minimum atomic E-state index is -1.61. The molecule has 19 nitrogen and oxygen atoms in total. The number of nitrogens with one attached hydrogen (secondary N) is 2. The second-order valence-electron chi connectivity index (χ2n) is 15.4. The largest absolute Gasteiger partial charge is 0.469 e. The lowest BCUT2D eigenvalue weighted by atomic mass is 9.77. The van der Waals surface area contributed by atoms with Crippen molar-refractivity contribution < 1.29 is 76.3 Å². The molecule has 0 saturated heterocycles. The van der Waals surface area contributed by atoms with E-state index in [0.29, 0.717) is 26.0 Å². The van der Waals surface area contributed by atoms with E-state index in [1.807, 2.05) is 22.6 Å². The highest BCUT2D eigenvalue weighted by atomic mass is 127. The zero-order valence-electron chi connectivity index (χ0n) is 38.6. The smallest absolute Gasteiger partial charge is 0.355 e. The van der Waals surface area contributed by atoms with Gasteiger partial charge in [-0.3, -0.25) is 33.8 Å². The number of halogens is 4. The molecular formula is C46H51Br3IN3O16. The van der Waals surface area contributed by atoms with Crippen molar-refractivity contribution in [1.29, 1.82) is 0 Å². The number of ether oxygens (including phenoxy) is 8. The van der Waals surface area contributed by atoms with Gasteiger partial charge in [-0.1, -0.05) is 78.1 Å². The highest BCUT2D eigenvalue weighted by molar-refractivity contribution is 14.1. The first-order chi connectivity index (χ1) is 32.7. The van der Waals surface area contributed by atoms with Crippen LogP contribution in [0.1, 0.15) is 92.3 Å². The maximum absolute atomic E-state index is 14.2. The second-order valence-corrected chi connectivity index (χ2v) is 23.6. The summed E-state index contributed by atoms with van der Waals surface area (Å²) in [6.07, 6.45) is -2.35. The Labute approximate surface area is 436 Å². The minimum absolute atomic E-state index is 0.0438. The summed E-state index contributed by atoms with van der Waals surface area (Å²) in [7, 11) is 7.23. The number of aromatic nitrogens is 2. The topological polar surface area (TPSA) is 254 Å². The number of allylic oxidation sites excluding steroid dienone is 1. The lowest BCUT2D eigenvalue weighted by molar-refractivity contribution is -0.141. The van der Waals surface area contributed by atoms with Crippen LogP contribution >= 0.6 is 70.4 Å². The molecule has 1 aromatic carbocycles. The molecule has 0 saturated carbocycles. The normalized spacial score (nSPS) is 14.4. The van der Waals surface area contributed by atoms with Crippen LogP contribution in [0.25, 0.3) is 0 Å². The predicted molar refractivity (Wildman–Crippen MR) is 266 cm³/mol. The highest BCUT2D eigenvalue weighted by Gasteiger charge is 2.46. The Kier molecular flexibility index (Phi) is 21.7. The quantitative estimate of drug-likeness (QED) is 0.0419. The number of benzene rings is 1. The average molecular weight is 1270 g/mol. The van der Waals surface area contributed by atoms with Crippen molar-refractivity contribution in [3.63, 3.8) is 0 Å². The summed E-state index contributed by atoms with van der Waals surface area (Å²) in [4.78, 5) is 118. The molecule has 1 atom stereocenters. The molecule has 0 aliphatic carbocycles. The van der Waals surface area contributed by atoms with Crippen LogP contribution < -0.4 is 0 Å². The van der Waals surface area contributed by atoms with E-state index in [0.717, 1.165) is 0 Å². The van der Waals surface area contributed by atoms with Crippen LogP contribution in [0.5, 0.6) is 0 Å². The molecule has 2 N–H and O–H groups in total. The minimum Gasteiger partial charge on any atom is -0.469 e. The summed E-state index contributed by atoms with van der Waals surface area (Å²) >= 11 is 12.0. The van der Waals surface area contributed by atoms with Crippen molar-refractivity contribution in [3.05, 3.63) is 92.1 Å². The Morgan fingerprint density at radius 1 is 0.580 bits per heavy atom. The highest BCUT2D eigenvalue weighted by Crippen LogP contribution is 2.45. The third-order valence-electron chi connectivity index (χ3n) is 11.1. The number of esters is 8. The molecule has 0 spiro atoms. The molecule has 1 aliphatic heterocycles. The van der Waals surface area contributed by atoms with Crippen molar-refractivity contribution in [1.82, 2.24) is 9.97 Å². The molecular weight excluding hydrogens is 1220 g/mol. The lowest BCUT2D eigenvalue weighted by Gasteiger charge is -2.31. The zero-order chi connectivity index (χ0) is 51.1. The van der Waals surface area contributed by atoms with Crippen molar-refractivity contribution in [2.45, 2.75) is 84.9 Å². The van der Waals surface area contributed by atoms with Crippen LogP contribution in [0.4, 0.5) is 0 Å². The molecule has 0 fully saturated rings. The van der Waals surface area contributed by atoms with E-state index >= 15 is 0 Å². The van der Waals surface area contributed by atoms with Crippen LogP contribution in [0.2, 0.25) is 0 Å². The van der Waals surface area contributed by atoms with E-state index in [1.165, 1.54) is 42.7 Å². The number of nitrogens with zero attached hydrogens (tertiary/aromatic N) is 1. The summed E-state index contributed by atoms with van der Waals surface area (Å²) in [6, 6.07) is 8.89. The van der Waals surface area contributed by atoms with Crippen molar-refractivity contribution >= 4 is 122 Å². The summed E-state index contributed by atoms with van der Waals surface area (Å²) in [5.74, 6) is -5.58. The average Bonchev–Trinajstić information content (AvgIpc) is 3.93.